The number of aryl methyl sites for hydroxylation is 1. The summed E-state index contributed by atoms with van der Waals surface area (Å²) in [5.74, 6) is -0.202. The zero-order valence-corrected chi connectivity index (χ0v) is 24.1. The predicted molar refractivity (Wildman–Crippen MR) is 161 cm³/mol. The maximum atomic E-state index is 13.0. The Morgan fingerprint density at radius 3 is 2.50 bits per heavy atom. The van der Waals surface area contributed by atoms with Crippen molar-refractivity contribution in [1.29, 1.82) is 0 Å². The number of ether oxygens (including phenoxy) is 1. The van der Waals surface area contributed by atoms with Crippen LogP contribution in [0.2, 0.25) is 0 Å². The number of rotatable bonds is 12. The lowest BCUT2D eigenvalue weighted by molar-refractivity contribution is -0.156. The second kappa shape index (κ2) is 14.1. The van der Waals surface area contributed by atoms with Gasteiger partial charge in [0, 0.05) is 43.3 Å². The van der Waals surface area contributed by atoms with Crippen LogP contribution in [0.25, 0.3) is 10.9 Å². The Hall–Kier alpha value is -4.93. The molecule has 4 N–H and O–H groups in total. The van der Waals surface area contributed by atoms with Crippen molar-refractivity contribution in [3.8, 4) is 0 Å². The second-order valence-electron chi connectivity index (χ2n) is 10.7. The molecule has 4 aromatic rings. The van der Waals surface area contributed by atoms with Gasteiger partial charge in [0.15, 0.2) is 0 Å². The third-order valence-electron chi connectivity index (χ3n) is 6.18. The number of carbonyl (C=O) groups is 3. The Morgan fingerprint density at radius 2 is 1.76 bits per heavy atom. The third kappa shape index (κ3) is 9.05. The van der Waals surface area contributed by atoms with Gasteiger partial charge in [0.1, 0.15) is 17.5 Å². The minimum atomic E-state index is -1.09. The fraction of sp³-hybridized carbons (Fsp3) is 0.323. The lowest BCUT2D eigenvalue weighted by atomic mass is 10.1. The number of pyridine rings is 1. The standard InChI is InChI=1S/C31H37N7O4/c1-31(2,3)42-29(40)25(37-30(41)35-19-22-10-5-4-6-11-22)21-34-28(39)23-13-14-26-24(18-23)20-36-38(26)17-9-16-33-27-12-7-8-15-32-27/h4-8,10-15,18,20,25H,9,16-17,19,21H2,1-3H3,(H,32,33)(H,34,39)(H2,35,37,41)/t25-/m0/s1. The molecule has 0 radical (unpaired) electrons. The van der Waals surface area contributed by atoms with E-state index in [1.807, 2.05) is 59.3 Å². The Morgan fingerprint density at radius 1 is 0.976 bits per heavy atom. The van der Waals surface area contributed by atoms with E-state index in [-0.39, 0.29) is 19.0 Å². The van der Waals surface area contributed by atoms with Gasteiger partial charge < -0.3 is 26.0 Å². The number of aromatic nitrogens is 3. The van der Waals surface area contributed by atoms with Gasteiger partial charge in [-0.05, 0) is 63.1 Å². The summed E-state index contributed by atoms with van der Waals surface area (Å²) in [6, 6.07) is 18.8. The number of nitrogens with one attached hydrogen (secondary N) is 4. The van der Waals surface area contributed by atoms with Gasteiger partial charge in [-0.1, -0.05) is 36.4 Å². The Bertz CT molecular complexity index is 1480. The molecular formula is C31H37N7O4. The Balaban J connectivity index is 1.33. The van der Waals surface area contributed by atoms with E-state index in [0.717, 1.165) is 35.2 Å². The maximum absolute atomic E-state index is 13.0. The minimum absolute atomic E-state index is 0.146. The summed E-state index contributed by atoms with van der Waals surface area (Å²) in [4.78, 5) is 42.7. The van der Waals surface area contributed by atoms with E-state index in [0.29, 0.717) is 12.1 Å². The number of hydrogen-bond donors (Lipinski definition) is 4. The average Bonchev–Trinajstić information content (AvgIpc) is 3.38. The SMILES string of the molecule is CC(C)(C)OC(=O)[C@H](CNC(=O)c1ccc2c(cnn2CCCNc2ccccn2)c1)NC(=O)NCc1ccccc1. The summed E-state index contributed by atoms with van der Waals surface area (Å²) in [6.07, 6.45) is 4.31. The molecule has 0 saturated carbocycles. The first kappa shape index (κ1) is 30.0. The fourth-order valence-corrected chi connectivity index (χ4v) is 4.17. The molecule has 0 spiro atoms. The van der Waals surface area contributed by atoms with Crippen LogP contribution in [0.4, 0.5) is 10.6 Å². The Kier molecular flexibility index (Phi) is 10.1. The summed E-state index contributed by atoms with van der Waals surface area (Å²) >= 11 is 0. The first-order valence-electron chi connectivity index (χ1n) is 13.9. The first-order valence-corrected chi connectivity index (χ1v) is 13.9. The first-order chi connectivity index (χ1) is 20.2. The molecule has 0 fully saturated rings. The zero-order valence-electron chi connectivity index (χ0n) is 24.1. The monoisotopic (exact) mass is 571 g/mol. The molecule has 2 aromatic heterocycles. The highest BCUT2D eigenvalue weighted by Gasteiger charge is 2.27. The van der Waals surface area contributed by atoms with E-state index >= 15 is 0 Å². The zero-order chi connectivity index (χ0) is 30.0. The third-order valence-corrected chi connectivity index (χ3v) is 6.18. The number of anilines is 1. The van der Waals surface area contributed by atoms with Crippen LogP contribution in [0, 0.1) is 0 Å². The van der Waals surface area contributed by atoms with E-state index in [4.69, 9.17) is 4.74 Å². The minimum Gasteiger partial charge on any atom is -0.458 e. The van der Waals surface area contributed by atoms with Gasteiger partial charge in [-0.2, -0.15) is 5.10 Å². The van der Waals surface area contributed by atoms with E-state index in [1.54, 1.807) is 45.3 Å². The summed E-state index contributed by atoms with van der Waals surface area (Å²) < 4.78 is 7.37. The summed E-state index contributed by atoms with van der Waals surface area (Å²) in [5.41, 5.74) is 1.47. The smallest absolute Gasteiger partial charge is 0.331 e. The number of fused-ring (bicyclic) bond motifs is 1. The van der Waals surface area contributed by atoms with Crippen LogP contribution in [-0.2, 0) is 22.6 Å². The lowest BCUT2D eigenvalue weighted by Crippen LogP contribution is -2.53. The summed E-state index contributed by atoms with van der Waals surface area (Å²) in [5, 5.41) is 16.7. The van der Waals surface area contributed by atoms with Crippen LogP contribution < -0.4 is 21.3 Å². The molecule has 2 aromatic carbocycles. The van der Waals surface area contributed by atoms with Crippen LogP contribution in [0.5, 0.6) is 0 Å². The second-order valence-corrected chi connectivity index (χ2v) is 10.7. The number of esters is 1. The van der Waals surface area contributed by atoms with Crippen LogP contribution in [-0.4, -0.2) is 57.4 Å². The fourth-order valence-electron chi connectivity index (χ4n) is 4.17. The largest absolute Gasteiger partial charge is 0.458 e. The van der Waals surface area contributed by atoms with Gasteiger partial charge >= 0.3 is 12.0 Å². The van der Waals surface area contributed by atoms with Crippen molar-refractivity contribution in [3.05, 3.63) is 90.3 Å². The highest BCUT2D eigenvalue weighted by atomic mass is 16.6. The molecule has 11 heteroatoms. The molecule has 0 unspecified atom stereocenters. The molecule has 0 bridgehead atoms. The molecule has 4 rings (SSSR count). The number of hydrogen-bond acceptors (Lipinski definition) is 7. The normalized spacial score (nSPS) is 11.9. The van der Waals surface area contributed by atoms with Crippen molar-refractivity contribution in [1.82, 2.24) is 30.7 Å². The van der Waals surface area contributed by atoms with Crippen LogP contribution >= 0.6 is 0 Å². The van der Waals surface area contributed by atoms with Gasteiger partial charge in [0.05, 0.1) is 11.7 Å². The van der Waals surface area contributed by atoms with Crippen LogP contribution in [0.3, 0.4) is 0 Å². The van der Waals surface area contributed by atoms with E-state index in [9.17, 15) is 14.4 Å². The molecule has 0 aliphatic rings. The molecule has 2 heterocycles. The molecule has 42 heavy (non-hydrogen) atoms. The van der Waals surface area contributed by atoms with E-state index in [2.05, 4.69) is 31.3 Å². The number of amides is 3. The number of benzene rings is 2. The van der Waals surface area contributed by atoms with E-state index < -0.39 is 23.6 Å². The highest BCUT2D eigenvalue weighted by molar-refractivity contribution is 5.98. The van der Waals surface area contributed by atoms with Crippen molar-refractivity contribution in [3.63, 3.8) is 0 Å². The summed E-state index contributed by atoms with van der Waals surface area (Å²) in [7, 11) is 0. The van der Waals surface area contributed by atoms with Crippen molar-refractivity contribution in [2.75, 3.05) is 18.4 Å². The topological polar surface area (TPSA) is 139 Å². The predicted octanol–water partition coefficient (Wildman–Crippen LogP) is 3.87. The van der Waals surface area contributed by atoms with Crippen molar-refractivity contribution < 1.29 is 19.1 Å². The van der Waals surface area contributed by atoms with Gasteiger partial charge in [-0.25, -0.2) is 14.6 Å². The molecular weight excluding hydrogens is 534 g/mol. The van der Waals surface area contributed by atoms with E-state index in [1.165, 1.54) is 0 Å². The average molecular weight is 572 g/mol. The molecule has 11 nitrogen and oxygen atoms in total. The van der Waals surface area contributed by atoms with Crippen molar-refractivity contribution in [2.24, 2.45) is 0 Å². The maximum Gasteiger partial charge on any atom is 0.331 e. The van der Waals surface area contributed by atoms with Crippen molar-refractivity contribution >= 4 is 34.6 Å². The van der Waals surface area contributed by atoms with Crippen molar-refractivity contribution in [2.45, 2.75) is 51.9 Å². The van der Waals surface area contributed by atoms with Gasteiger partial charge in [-0.3, -0.25) is 9.48 Å². The number of urea groups is 1. The van der Waals surface area contributed by atoms with Crippen LogP contribution in [0.1, 0.15) is 43.1 Å². The molecule has 0 saturated heterocycles. The number of carbonyl (C=O) groups excluding carboxylic acids is 3. The molecule has 3 amide bonds. The lowest BCUT2D eigenvalue weighted by Gasteiger charge is -2.25. The molecule has 220 valence electrons. The van der Waals surface area contributed by atoms with Gasteiger partial charge in [-0.15, -0.1) is 0 Å². The highest BCUT2D eigenvalue weighted by Crippen LogP contribution is 2.17. The molecule has 0 aliphatic carbocycles. The quantitative estimate of drug-likeness (QED) is 0.150. The Labute approximate surface area is 245 Å². The molecule has 1 atom stereocenters. The summed E-state index contributed by atoms with van der Waals surface area (Å²) in [6.45, 7) is 6.80. The number of nitrogens with zero attached hydrogens (tertiary/aromatic N) is 3. The van der Waals surface area contributed by atoms with Gasteiger partial charge in [0.2, 0.25) is 0 Å². The van der Waals surface area contributed by atoms with Gasteiger partial charge in [0.25, 0.3) is 5.91 Å². The van der Waals surface area contributed by atoms with Crippen LogP contribution in [0.15, 0.2) is 79.1 Å². The molecule has 0 aliphatic heterocycles.